The zero-order chi connectivity index (χ0) is 9.40. The van der Waals surface area contributed by atoms with Crippen LogP contribution in [0.5, 0.6) is 5.75 Å². The van der Waals surface area contributed by atoms with Crippen LogP contribution in [-0.4, -0.2) is 7.11 Å². The molecule has 0 amide bonds. The van der Waals surface area contributed by atoms with Gasteiger partial charge in [0.1, 0.15) is 5.75 Å². The molecule has 0 aliphatic rings. The first-order valence-electron chi connectivity index (χ1n) is 3.07. The van der Waals surface area contributed by atoms with E-state index < -0.39 is 0 Å². The van der Waals surface area contributed by atoms with E-state index in [2.05, 4.69) is 45.6 Å². The molecule has 0 saturated carbocycles. The monoisotopic (exact) mass is 459 g/mol. The molecular formula is C7H6ClI2OZn. The standard InChI is InChI=1S/C7H6ClO.2HI.Zn/c1-9-7-4-2-3-6(8)5-7;;;/h2-3,5H,1H3;2*1H;/q;;;+2/p-2. The Kier molecular flexibility index (Phi) is 10.0. The fourth-order valence-corrected chi connectivity index (χ4v) is 0.698. The fraction of sp³-hybridized carbons (Fsp3) is 0.143. The molecule has 63 valence electrons. The van der Waals surface area contributed by atoms with E-state index in [-0.39, 0.29) is 10.1 Å². The van der Waals surface area contributed by atoms with Crippen LogP contribution in [0, 0.1) is 6.07 Å². The van der Waals surface area contributed by atoms with E-state index in [9.17, 15) is 0 Å². The summed E-state index contributed by atoms with van der Waals surface area (Å²) in [4.78, 5) is 0. The third-order valence-electron chi connectivity index (χ3n) is 0.957. The molecule has 0 saturated heterocycles. The topological polar surface area (TPSA) is 9.23 Å². The fourth-order valence-electron chi connectivity index (χ4n) is 0.536. The first-order valence-corrected chi connectivity index (χ1v) is 21.5. The Hall–Kier alpha value is 1.39. The molecule has 0 bridgehead atoms. The Morgan fingerprint density at radius 2 is 2.17 bits per heavy atom. The third-order valence-corrected chi connectivity index (χ3v) is 1.19. The summed E-state index contributed by atoms with van der Waals surface area (Å²) in [6.45, 7) is 0. The molecule has 0 spiro atoms. The van der Waals surface area contributed by atoms with Crippen LogP contribution in [0.4, 0.5) is 0 Å². The van der Waals surface area contributed by atoms with Crippen LogP contribution < -0.4 is 4.74 Å². The van der Waals surface area contributed by atoms with E-state index in [4.69, 9.17) is 16.3 Å². The molecule has 0 unspecified atom stereocenters. The van der Waals surface area contributed by atoms with Crippen LogP contribution in [0.25, 0.3) is 0 Å². The van der Waals surface area contributed by atoms with E-state index in [0.29, 0.717) is 10.8 Å². The minimum absolute atomic E-state index is 0.0650. The normalized spacial score (nSPS) is 7.67. The molecule has 12 heavy (non-hydrogen) atoms. The summed E-state index contributed by atoms with van der Waals surface area (Å²) in [5.74, 6) is 0.669. The van der Waals surface area contributed by atoms with Crippen LogP contribution in [0.15, 0.2) is 18.2 Å². The zero-order valence-electron chi connectivity index (χ0n) is 6.48. The van der Waals surface area contributed by atoms with Crippen molar-refractivity contribution in [2.45, 2.75) is 0 Å². The molecule has 0 N–H and O–H groups in total. The Labute approximate surface area is 107 Å². The molecular weight excluding hydrogens is 455 g/mol. The Balaban J connectivity index is 0.000000354. The molecule has 0 aliphatic heterocycles. The predicted molar refractivity (Wildman–Crippen MR) is 64.9 cm³/mol. The summed E-state index contributed by atoms with van der Waals surface area (Å²) in [5, 5.41) is 0.672. The number of hydrogen-bond donors (Lipinski definition) is 0. The van der Waals surface area contributed by atoms with Gasteiger partial charge in [-0.1, -0.05) is 11.6 Å². The average molecular weight is 461 g/mol. The van der Waals surface area contributed by atoms with Crippen molar-refractivity contribution >= 4 is 51.1 Å². The van der Waals surface area contributed by atoms with E-state index in [1.54, 1.807) is 25.3 Å². The van der Waals surface area contributed by atoms with Crippen LogP contribution in [0.2, 0.25) is 5.02 Å². The van der Waals surface area contributed by atoms with Gasteiger partial charge in [0.15, 0.2) is 0 Å². The van der Waals surface area contributed by atoms with Crippen molar-refractivity contribution in [3.8, 4) is 5.75 Å². The van der Waals surface area contributed by atoms with Crippen molar-refractivity contribution in [2.75, 3.05) is 7.11 Å². The van der Waals surface area contributed by atoms with Crippen LogP contribution in [0.3, 0.4) is 0 Å². The van der Waals surface area contributed by atoms with Crippen molar-refractivity contribution in [2.24, 2.45) is 0 Å². The molecule has 1 radical (unpaired) electrons. The van der Waals surface area contributed by atoms with Crippen LogP contribution in [0.1, 0.15) is 0 Å². The van der Waals surface area contributed by atoms with Gasteiger partial charge in [0.05, 0.1) is 7.11 Å². The van der Waals surface area contributed by atoms with Gasteiger partial charge in [-0.3, -0.25) is 0 Å². The van der Waals surface area contributed by atoms with Gasteiger partial charge >= 0.3 is 49.6 Å². The van der Waals surface area contributed by atoms with Crippen molar-refractivity contribution in [1.82, 2.24) is 0 Å². The van der Waals surface area contributed by atoms with Gasteiger partial charge in [-0.15, -0.1) is 0 Å². The summed E-state index contributed by atoms with van der Waals surface area (Å²) < 4.78 is 4.86. The van der Waals surface area contributed by atoms with E-state index in [1.807, 2.05) is 0 Å². The molecule has 0 heterocycles. The number of hydrogen-bond acceptors (Lipinski definition) is 1. The molecule has 1 aromatic rings. The van der Waals surface area contributed by atoms with Crippen molar-refractivity contribution in [3.63, 3.8) is 0 Å². The molecule has 1 rings (SSSR count). The predicted octanol–water partition coefficient (Wildman–Crippen LogP) is 3.92. The van der Waals surface area contributed by atoms with Gasteiger partial charge in [-0.25, -0.2) is 0 Å². The third kappa shape index (κ3) is 6.86. The molecule has 0 aromatic heterocycles. The quantitative estimate of drug-likeness (QED) is 0.456. The molecule has 1 aromatic carbocycles. The van der Waals surface area contributed by atoms with Gasteiger partial charge in [0.25, 0.3) is 0 Å². The Bertz CT molecular complexity index is 222. The van der Waals surface area contributed by atoms with Crippen LogP contribution >= 0.6 is 51.1 Å². The Morgan fingerprint density at radius 3 is 2.50 bits per heavy atom. The Morgan fingerprint density at radius 1 is 1.58 bits per heavy atom. The van der Waals surface area contributed by atoms with Gasteiger partial charge in [-0.05, 0) is 18.2 Å². The van der Waals surface area contributed by atoms with Gasteiger partial charge in [0.2, 0.25) is 0 Å². The molecule has 1 nitrogen and oxygen atoms in total. The number of benzene rings is 1. The number of halogens is 3. The van der Waals surface area contributed by atoms with Gasteiger partial charge < -0.3 is 4.74 Å². The maximum atomic E-state index is 5.62. The molecule has 0 fully saturated rings. The molecule has 5 heteroatoms. The second-order valence-electron chi connectivity index (χ2n) is 1.68. The second kappa shape index (κ2) is 8.97. The molecule has 0 atom stereocenters. The van der Waals surface area contributed by atoms with E-state index >= 15 is 0 Å². The van der Waals surface area contributed by atoms with Crippen LogP contribution in [-0.2, 0) is 10.1 Å². The molecule has 0 aliphatic carbocycles. The second-order valence-corrected chi connectivity index (χ2v) is 25.6. The van der Waals surface area contributed by atoms with Crippen molar-refractivity contribution in [3.05, 3.63) is 29.3 Å². The zero-order valence-corrected chi connectivity index (χ0v) is 14.5. The van der Waals surface area contributed by atoms with E-state index in [0.717, 1.165) is 0 Å². The number of methoxy groups -OCH3 is 1. The number of ether oxygens (including phenoxy) is 1. The summed E-state index contributed by atoms with van der Waals surface area (Å²) in [7, 11) is 1.65. The average Bonchev–Trinajstić information content (AvgIpc) is 2.06. The first kappa shape index (κ1) is 13.4. The summed E-state index contributed by atoms with van der Waals surface area (Å²) >= 11 is 10.5. The summed E-state index contributed by atoms with van der Waals surface area (Å²) in [6.07, 6.45) is 0. The summed E-state index contributed by atoms with van der Waals surface area (Å²) in [6, 6.07) is 8.04. The summed E-state index contributed by atoms with van der Waals surface area (Å²) in [5.41, 5.74) is 0. The van der Waals surface area contributed by atoms with Crippen molar-refractivity contribution < 1.29 is 14.8 Å². The minimum atomic E-state index is 0.0650. The van der Waals surface area contributed by atoms with Gasteiger partial charge in [-0.2, -0.15) is 0 Å². The number of rotatable bonds is 1. The first-order chi connectivity index (χ1) is 5.74. The van der Waals surface area contributed by atoms with Crippen molar-refractivity contribution in [1.29, 1.82) is 0 Å². The maximum absolute atomic E-state index is 5.62. The van der Waals surface area contributed by atoms with Gasteiger partial charge in [0, 0.05) is 11.1 Å². The SMILES string of the molecule is COc1[c]ccc(Cl)c1.[I][Zn][I]. The van der Waals surface area contributed by atoms with E-state index in [1.165, 1.54) is 0 Å².